The van der Waals surface area contributed by atoms with E-state index in [1.165, 1.54) is 7.11 Å². The summed E-state index contributed by atoms with van der Waals surface area (Å²) in [6.07, 6.45) is 4.04. The van der Waals surface area contributed by atoms with E-state index < -0.39 is 0 Å². The zero-order valence-corrected chi connectivity index (χ0v) is 13.0. The van der Waals surface area contributed by atoms with Gasteiger partial charge in [-0.2, -0.15) is 0 Å². The van der Waals surface area contributed by atoms with Crippen LogP contribution in [0, 0.1) is 11.7 Å². The van der Waals surface area contributed by atoms with E-state index in [9.17, 15) is 9.18 Å². The molecule has 0 unspecified atom stereocenters. The third kappa shape index (κ3) is 3.77. The average molecular weight is 306 g/mol. The van der Waals surface area contributed by atoms with Crippen LogP contribution in [0.1, 0.15) is 31.2 Å². The number of nitrogens with one attached hydrogen (secondary N) is 1. The van der Waals surface area contributed by atoms with Crippen molar-refractivity contribution < 1.29 is 13.9 Å². The lowest BCUT2D eigenvalue weighted by molar-refractivity contribution is -0.123. The molecule has 3 rings (SSSR count). The molecule has 1 N–H and O–H groups in total. The summed E-state index contributed by atoms with van der Waals surface area (Å²) in [6, 6.07) is 5.42. The lowest BCUT2D eigenvalue weighted by atomic mass is 10.0. The molecule has 0 aromatic heterocycles. The Kier molecular flexibility index (Phi) is 4.62. The van der Waals surface area contributed by atoms with E-state index in [-0.39, 0.29) is 23.4 Å². The maximum Gasteiger partial charge on any atom is 0.223 e. The molecule has 4 nitrogen and oxygen atoms in total. The minimum Gasteiger partial charge on any atom is -0.494 e. The maximum atomic E-state index is 13.7. The number of hydrogen-bond donors (Lipinski definition) is 1. The Balaban J connectivity index is 1.47. The molecule has 0 atom stereocenters. The minimum absolute atomic E-state index is 0.232. The van der Waals surface area contributed by atoms with Crippen LogP contribution < -0.4 is 10.1 Å². The number of benzene rings is 1. The van der Waals surface area contributed by atoms with Crippen LogP contribution in [-0.2, 0) is 11.3 Å². The van der Waals surface area contributed by atoms with E-state index in [0.29, 0.717) is 6.04 Å². The van der Waals surface area contributed by atoms with Gasteiger partial charge in [0.05, 0.1) is 7.11 Å². The zero-order valence-electron chi connectivity index (χ0n) is 13.0. The van der Waals surface area contributed by atoms with Gasteiger partial charge in [-0.1, -0.05) is 6.07 Å². The van der Waals surface area contributed by atoms with Crippen molar-refractivity contribution in [2.24, 2.45) is 5.92 Å². The van der Waals surface area contributed by atoms with E-state index in [4.69, 9.17) is 4.74 Å². The summed E-state index contributed by atoms with van der Waals surface area (Å²) < 4.78 is 18.6. The van der Waals surface area contributed by atoms with E-state index >= 15 is 0 Å². The summed E-state index contributed by atoms with van der Waals surface area (Å²) in [7, 11) is 1.47. The Morgan fingerprint density at radius 2 is 2.05 bits per heavy atom. The van der Waals surface area contributed by atoms with Crippen molar-refractivity contribution in [3.8, 4) is 5.75 Å². The van der Waals surface area contributed by atoms with Gasteiger partial charge in [0.25, 0.3) is 0 Å². The summed E-state index contributed by atoms with van der Waals surface area (Å²) in [4.78, 5) is 14.1. The van der Waals surface area contributed by atoms with Gasteiger partial charge in [-0.3, -0.25) is 9.69 Å². The van der Waals surface area contributed by atoms with Crippen molar-refractivity contribution in [2.45, 2.75) is 38.3 Å². The molecule has 1 saturated carbocycles. The quantitative estimate of drug-likeness (QED) is 0.908. The van der Waals surface area contributed by atoms with E-state index in [0.717, 1.165) is 50.9 Å². The van der Waals surface area contributed by atoms with Crippen LogP contribution in [0.2, 0.25) is 0 Å². The normalized spacial score (nSPS) is 19.9. The van der Waals surface area contributed by atoms with Crippen molar-refractivity contribution >= 4 is 5.91 Å². The van der Waals surface area contributed by atoms with Crippen LogP contribution in [0.3, 0.4) is 0 Å². The highest BCUT2D eigenvalue weighted by atomic mass is 19.1. The van der Waals surface area contributed by atoms with Crippen molar-refractivity contribution in [1.29, 1.82) is 0 Å². The molecule has 1 heterocycles. The molecule has 0 radical (unpaired) electrons. The molecule has 2 aliphatic rings. The average Bonchev–Trinajstić information content (AvgIpc) is 3.34. The summed E-state index contributed by atoms with van der Waals surface area (Å²) in [5.41, 5.74) is 0.957. The number of halogens is 1. The highest BCUT2D eigenvalue weighted by Gasteiger charge is 2.31. The first-order chi connectivity index (χ1) is 10.7. The number of likely N-dealkylation sites (tertiary alicyclic amines) is 1. The molecule has 1 aromatic rings. The largest absolute Gasteiger partial charge is 0.494 e. The fraction of sp³-hybridized carbons (Fsp3) is 0.588. The van der Waals surface area contributed by atoms with Crippen LogP contribution >= 0.6 is 0 Å². The minimum atomic E-state index is -0.313. The third-order valence-corrected chi connectivity index (χ3v) is 4.50. The monoisotopic (exact) mass is 306 g/mol. The molecule has 22 heavy (non-hydrogen) atoms. The second kappa shape index (κ2) is 6.65. The number of carbonyl (C=O) groups is 1. The van der Waals surface area contributed by atoms with Gasteiger partial charge in [0.2, 0.25) is 5.91 Å². The van der Waals surface area contributed by atoms with Crippen LogP contribution in [-0.4, -0.2) is 37.0 Å². The number of piperidine rings is 1. The van der Waals surface area contributed by atoms with Crippen LogP contribution in [0.25, 0.3) is 0 Å². The van der Waals surface area contributed by atoms with Crippen LogP contribution in [0.5, 0.6) is 5.75 Å². The SMILES string of the molecule is COc1ccc(CN2CCC(NC(=O)C3CC3)CC2)cc1F. The third-order valence-electron chi connectivity index (χ3n) is 4.50. The predicted octanol–water partition coefficient (Wildman–Crippen LogP) is 2.32. The molecule has 5 heteroatoms. The molecule has 0 bridgehead atoms. The van der Waals surface area contributed by atoms with E-state index in [1.54, 1.807) is 12.1 Å². The summed E-state index contributed by atoms with van der Waals surface area (Å²) in [5, 5.41) is 3.15. The van der Waals surface area contributed by atoms with Gasteiger partial charge in [0, 0.05) is 31.6 Å². The standard InChI is InChI=1S/C17H23FN2O2/c1-22-16-5-2-12(10-15(16)18)11-20-8-6-14(7-9-20)19-17(21)13-3-4-13/h2,5,10,13-14H,3-4,6-9,11H2,1H3,(H,19,21). The van der Waals surface area contributed by atoms with Gasteiger partial charge in [0.15, 0.2) is 11.6 Å². The Morgan fingerprint density at radius 1 is 1.32 bits per heavy atom. The van der Waals surface area contributed by atoms with E-state index in [2.05, 4.69) is 10.2 Å². The van der Waals surface area contributed by atoms with Crippen LogP contribution in [0.15, 0.2) is 18.2 Å². The van der Waals surface area contributed by atoms with E-state index in [1.807, 2.05) is 6.07 Å². The second-order valence-corrected chi connectivity index (χ2v) is 6.30. The summed E-state index contributed by atoms with van der Waals surface area (Å²) in [5.74, 6) is 0.479. The number of methoxy groups -OCH3 is 1. The molecule has 1 aliphatic heterocycles. The number of hydrogen-bond acceptors (Lipinski definition) is 3. The molecule has 1 aliphatic carbocycles. The first-order valence-corrected chi connectivity index (χ1v) is 8.01. The maximum absolute atomic E-state index is 13.7. The van der Waals surface area contributed by atoms with Crippen molar-refractivity contribution in [1.82, 2.24) is 10.2 Å². The summed E-state index contributed by atoms with van der Waals surface area (Å²) in [6.45, 7) is 2.61. The highest BCUT2D eigenvalue weighted by Crippen LogP contribution is 2.29. The van der Waals surface area contributed by atoms with Gasteiger partial charge in [-0.25, -0.2) is 4.39 Å². The van der Waals surface area contributed by atoms with Gasteiger partial charge >= 0.3 is 0 Å². The zero-order chi connectivity index (χ0) is 15.5. The number of amides is 1. The molecular formula is C17H23FN2O2. The predicted molar refractivity (Wildman–Crippen MR) is 82.1 cm³/mol. The lowest BCUT2D eigenvalue weighted by Gasteiger charge is -2.32. The van der Waals surface area contributed by atoms with Crippen molar-refractivity contribution in [3.05, 3.63) is 29.6 Å². The van der Waals surface area contributed by atoms with Crippen molar-refractivity contribution in [3.63, 3.8) is 0 Å². The Bertz CT molecular complexity index is 537. The molecule has 2 fully saturated rings. The molecule has 1 saturated heterocycles. The number of carbonyl (C=O) groups excluding carboxylic acids is 1. The molecule has 1 aromatic carbocycles. The fourth-order valence-electron chi connectivity index (χ4n) is 2.97. The smallest absolute Gasteiger partial charge is 0.223 e. The topological polar surface area (TPSA) is 41.6 Å². The molecule has 1 amide bonds. The first-order valence-electron chi connectivity index (χ1n) is 8.01. The number of nitrogens with zero attached hydrogens (tertiary/aromatic N) is 1. The highest BCUT2D eigenvalue weighted by molar-refractivity contribution is 5.81. The Morgan fingerprint density at radius 3 is 2.64 bits per heavy atom. The van der Waals surface area contributed by atoms with Crippen LogP contribution in [0.4, 0.5) is 4.39 Å². The van der Waals surface area contributed by atoms with Gasteiger partial charge in [0.1, 0.15) is 0 Å². The second-order valence-electron chi connectivity index (χ2n) is 6.30. The molecule has 0 spiro atoms. The van der Waals surface area contributed by atoms with Gasteiger partial charge in [-0.15, -0.1) is 0 Å². The Labute approximate surface area is 130 Å². The van der Waals surface area contributed by atoms with Crippen molar-refractivity contribution in [2.75, 3.05) is 20.2 Å². The first kappa shape index (κ1) is 15.3. The lowest BCUT2D eigenvalue weighted by Crippen LogP contribution is -2.44. The summed E-state index contributed by atoms with van der Waals surface area (Å²) >= 11 is 0. The molecular weight excluding hydrogens is 283 g/mol. The fourth-order valence-corrected chi connectivity index (χ4v) is 2.97. The number of ether oxygens (including phenoxy) is 1. The van der Waals surface area contributed by atoms with Gasteiger partial charge < -0.3 is 10.1 Å². The number of rotatable bonds is 5. The molecule has 120 valence electrons. The Hall–Kier alpha value is -1.62. The van der Waals surface area contributed by atoms with Gasteiger partial charge in [-0.05, 0) is 43.4 Å².